The largest absolute Gasteiger partial charge is 0.384 e. The number of methoxy groups -OCH3 is 1. The molecule has 0 radical (unpaired) electrons. The second-order valence-electron chi connectivity index (χ2n) is 5.14. The van der Waals surface area contributed by atoms with Gasteiger partial charge in [-0.3, -0.25) is 4.90 Å². The Bertz CT molecular complexity index is 535. The Morgan fingerprint density at radius 3 is 3.16 bits per heavy atom. The molecule has 3 heterocycles. The highest BCUT2D eigenvalue weighted by molar-refractivity contribution is 7.07. The summed E-state index contributed by atoms with van der Waals surface area (Å²) in [5.74, 6) is 0.417. The molecule has 0 spiro atoms. The van der Waals surface area contributed by atoms with Crippen LogP contribution >= 0.6 is 11.3 Å². The molecule has 2 aromatic rings. The van der Waals surface area contributed by atoms with Gasteiger partial charge in [-0.15, -0.1) is 0 Å². The standard InChI is InChI=1S/C14H19N3OS/c1-16-10-15-13-7-17(5-11-3-4-19-9-11)6-12(8-18-2)14(13)16/h3-4,9-10,12H,5-8H2,1-2H3/t12-/m1/s1. The Morgan fingerprint density at radius 1 is 1.53 bits per heavy atom. The summed E-state index contributed by atoms with van der Waals surface area (Å²) in [7, 11) is 3.84. The fourth-order valence-electron chi connectivity index (χ4n) is 2.90. The Labute approximate surface area is 117 Å². The quantitative estimate of drug-likeness (QED) is 0.858. The van der Waals surface area contributed by atoms with E-state index in [9.17, 15) is 0 Å². The molecule has 4 nitrogen and oxygen atoms in total. The first-order valence-electron chi connectivity index (χ1n) is 6.50. The second kappa shape index (κ2) is 5.45. The van der Waals surface area contributed by atoms with Crippen molar-refractivity contribution in [2.45, 2.75) is 19.0 Å². The highest BCUT2D eigenvalue weighted by Crippen LogP contribution is 2.28. The van der Waals surface area contributed by atoms with Gasteiger partial charge >= 0.3 is 0 Å². The smallest absolute Gasteiger partial charge is 0.0949 e. The van der Waals surface area contributed by atoms with Gasteiger partial charge in [0.15, 0.2) is 0 Å². The van der Waals surface area contributed by atoms with Crippen molar-refractivity contribution in [1.29, 1.82) is 0 Å². The lowest BCUT2D eigenvalue weighted by atomic mass is 9.98. The lowest BCUT2D eigenvalue weighted by molar-refractivity contribution is 0.132. The van der Waals surface area contributed by atoms with Crippen molar-refractivity contribution in [2.75, 3.05) is 20.3 Å². The number of ether oxygens (including phenoxy) is 1. The minimum absolute atomic E-state index is 0.417. The van der Waals surface area contributed by atoms with E-state index in [1.165, 1.54) is 17.0 Å². The maximum Gasteiger partial charge on any atom is 0.0949 e. The van der Waals surface area contributed by atoms with Crippen molar-refractivity contribution >= 4 is 11.3 Å². The summed E-state index contributed by atoms with van der Waals surface area (Å²) in [5.41, 5.74) is 3.93. The number of rotatable bonds is 4. The Hall–Kier alpha value is -1.17. The van der Waals surface area contributed by atoms with E-state index in [0.717, 1.165) is 26.2 Å². The summed E-state index contributed by atoms with van der Waals surface area (Å²) < 4.78 is 7.52. The molecule has 0 N–H and O–H groups in total. The molecule has 0 saturated heterocycles. The summed E-state index contributed by atoms with van der Waals surface area (Å²) in [5, 5.41) is 4.36. The molecule has 102 valence electrons. The van der Waals surface area contributed by atoms with Crippen LogP contribution in [0.2, 0.25) is 0 Å². The summed E-state index contributed by atoms with van der Waals surface area (Å²) in [4.78, 5) is 7.00. The molecular formula is C14H19N3OS. The van der Waals surface area contributed by atoms with Crippen molar-refractivity contribution in [3.63, 3.8) is 0 Å². The molecule has 0 fully saturated rings. The molecule has 1 aliphatic heterocycles. The van der Waals surface area contributed by atoms with E-state index in [4.69, 9.17) is 4.74 Å². The van der Waals surface area contributed by atoms with Crippen molar-refractivity contribution in [1.82, 2.24) is 14.5 Å². The third kappa shape index (κ3) is 2.59. The van der Waals surface area contributed by atoms with Gasteiger partial charge in [-0.2, -0.15) is 11.3 Å². The topological polar surface area (TPSA) is 30.3 Å². The van der Waals surface area contributed by atoms with E-state index in [1.54, 1.807) is 18.4 Å². The Balaban J connectivity index is 1.80. The van der Waals surface area contributed by atoms with Gasteiger partial charge < -0.3 is 9.30 Å². The molecule has 3 rings (SSSR count). The fourth-order valence-corrected chi connectivity index (χ4v) is 3.56. The minimum Gasteiger partial charge on any atom is -0.384 e. The van der Waals surface area contributed by atoms with Crippen molar-refractivity contribution in [3.8, 4) is 0 Å². The van der Waals surface area contributed by atoms with Crippen LogP contribution in [-0.4, -0.2) is 34.7 Å². The molecule has 2 aromatic heterocycles. The highest BCUT2D eigenvalue weighted by Gasteiger charge is 2.28. The first-order chi connectivity index (χ1) is 9.28. The number of fused-ring (bicyclic) bond motifs is 1. The van der Waals surface area contributed by atoms with Gasteiger partial charge in [0, 0.05) is 45.4 Å². The van der Waals surface area contributed by atoms with E-state index in [0.29, 0.717) is 5.92 Å². The third-order valence-corrected chi connectivity index (χ3v) is 4.39. The van der Waals surface area contributed by atoms with Gasteiger partial charge in [-0.05, 0) is 22.4 Å². The zero-order chi connectivity index (χ0) is 13.2. The molecule has 0 bridgehead atoms. The van der Waals surface area contributed by atoms with E-state index in [2.05, 4.69) is 38.3 Å². The molecule has 19 heavy (non-hydrogen) atoms. The lowest BCUT2D eigenvalue weighted by Crippen LogP contribution is -2.35. The number of hydrogen-bond donors (Lipinski definition) is 0. The van der Waals surface area contributed by atoms with Crippen molar-refractivity contribution < 1.29 is 4.74 Å². The van der Waals surface area contributed by atoms with Gasteiger partial charge in [0.05, 0.1) is 18.6 Å². The molecule has 1 aliphatic rings. The molecule has 1 atom stereocenters. The number of nitrogens with zero attached hydrogens (tertiary/aromatic N) is 3. The van der Waals surface area contributed by atoms with Crippen LogP contribution in [0.4, 0.5) is 0 Å². The SMILES string of the molecule is COC[C@H]1CN(Cc2ccsc2)Cc2ncn(C)c21. The van der Waals surface area contributed by atoms with Crippen LogP contribution in [0.15, 0.2) is 23.2 Å². The summed E-state index contributed by atoms with van der Waals surface area (Å²) in [6, 6.07) is 2.20. The van der Waals surface area contributed by atoms with E-state index in [-0.39, 0.29) is 0 Å². The normalized spacial score (nSPS) is 19.6. The molecule has 0 saturated carbocycles. The number of aromatic nitrogens is 2. The maximum atomic E-state index is 5.38. The fraction of sp³-hybridized carbons (Fsp3) is 0.500. The van der Waals surface area contributed by atoms with Gasteiger partial charge in [-0.1, -0.05) is 0 Å². The first-order valence-corrected chi connectivity index (χ1v) is 7.44. The van der Waals surface area contributed by atoms with Gasteiger partial charge in [-0.25, -0.2) is 4.98 Å². The van der Waals surface area contributed by atoms with E-state index >= 15 is 0 Å². The predicted octanol–water partition coefficient (Wildman–Crippen LogP) is 2.23. The van der Waals surface area contributed by atoms with Crippen molar-refractivity contribution in [2.24, 2.45) is 7.05 Å². The van der Waals surface area contributed by atoms with Crippen LogP contribution in [-0.2, 0) is 24.9 Å². The first kappa shape index (κ1) is 12.8. The molecule has 0 unspecified atom stereocenters. The summed E-state index contributed by atoms with van der Waals surface area (Å²) in [6.07, 6.45) is 1.92. The van der Waals surface area contributed by atoms with Crippen LogP contribution in [0.25, 0.3) is 0 Å². The van der Waals surface area contributed by atoms with Crippen LogP contribution in [0.5, 0.6) is 0 Å². The third-order valence-electron chi connectivity index (χ3n) is 3.66. The Kier molecular flexibility index (Phi) is 3.68. The summed E-state index contributed by atoms with van der Waals surface area (Å²) >= 11 is 1.76. The maximum absolute atomic E-state index is 5.38. The molecule has 0 amide bonds. The molecule has 0 aliphatic carbocycles. The average Bonchev–Trinajstić information content (AvgIpc) is 3.00. The van der Waals surface area contributed by atoms with Crippen LogP contribution in [0.1, 0.15) is 22.9 Å². The van der Waals surface area contributed by atoms with E-state index < -0.39 is 0 Å². The van der Waals surface area contributed by atoms with Gasteiger partial charge in [0.25, 0.3) is 0 Å². The van der Waals surface area contributed by atoms with Crippen LogP contribution in [0, 0.1) is 0 Å². The molecular weight excluding hydrogens is 258 g/mol. The molecule has 5 heteroatoms. The number of imidazole rings is 1. The zero-order valence-corrected chi connectivity index (χ0v) is 12.2. The predicted molar refractivity (Wildman–Crippen MR) is 76.3 cm³/mol. The zero-order valence-electron chi connectivity index (χ0n) is 11.4. The highest BCUT2D eigenvalue weighted by atomic mass is 32.1. The minimum atomic E-state index is 0.417. The lowest BCUT2D eigenvalue weighted by Gasteiger charge is -2.32. The number of aryl methyl sites for hydroxylation is 1. The average molecular weight is 277 g/mol. The monoisotopic (exact) mass is 277 g/mol. The Morgan fingerprint density at radius 2 is 2.42 bits per heavy atom. The number of thiophene rings is 1. The number of hydrogen-bond acceptors (Lipinski definition) is 4. The van der Waals surface area contributed by atoms with Gasteiger partial charge in [0.2, 0.25) is 0 Å². The van der Waals surface area contributed by atoms with Gasteiger partial charge in [0.1, 0.15) is 0 Å². The summed E-state index contributed by atoms with van der Waals surface area (Å²) in [6.45, 7) is 3.73. The molecule has 0 aromatic carbocycles. The van der Waals surface area contributed by atoms with Crippen LogP contribution in [0.3, 0.4) is 0 Å². The van der Waals surface area contributed by atoms with E-state index in [1.807, 2.05) is 6.33 Å². The second-order valence-corrected chi connectivity index (χ2v) is 5.92. The van der Waals surface area contributed by atoms with Crippen molar-refractivity contribution in [3.05, 3.63) is 40.1 Å². The van der Waals surface area contributed by atoms with Crippen LogP contribution < -0.4 is 0 Å².